The third-order valence-corrected chi connectivity index (χ3v) is 4.94. The van der Waals surface area contributed by atoms with Gasteiger partial charge in [-0.1, -0.05) is 35.9 Å². The van der Waals surface area contributed by atoms with Crippen LogP contribution in [0.2, 0.25) is 5.02 Å². The minimum absolute atomic E-state index is 0.0259. The van der Waals surface area contributed by atoms with Gasteiger partial charge in [0, 0.05) is 36.3 Å². The van der Waals surface area contributed by atoms with Gasteiger partial charge >= 0.3 is 0 Å². The van der Waals surface area contributed by atoms with Crippen molar-refractivity contribution < 1.29 is 14.0 Å². The van der Waals surface area contributed by atoms with Crippen LogP contribution in [0, 0.1) is 11.7 Å². The first-order valence-corrected chi connectivity index (χ1v) is 9.19. The molecular formula is C21H20ClFN2O2. The summed E-state index contributed by atoms with van der Waals surface area (Å²) in [5.41, 5.74) is 0.968. The van der Waals surface area contributed by atoms with Gasteiger partial charge in [-0.2, -0.15) is 0 Å². The van der Waals surface area contributed by atoms with Gasteiger partial charge in [0.05, 0.1) is 5.02 Å². The maximum atomic E-state index is 13.8. The number of carbonyl (C=O) groups excluding carboxylic acids is 2. The lowest BCUT2D eigenvalue weighted by atomic mass is 9.95. The quantitative estimate of drug-likeness (QED) is 0.793. The molecule has 0 aliphatic carbocycles. The SMILES string of the molecule is O=C(Nc1ccccc1)C1CCN(C(=O)/C=C/c2c(F)cccc2Cl)CC1. The Morgan fingerprint density at radius 3 is 2.44 bits per heavy atom. The summed E-state index contributed by atoms with van der Waals surface area (Å²) in [7, 11) is 0. The van der Waals surface area contributed by atoms with E-state index in [0.29, 0.717) is 25.9 Å². The zero-order valence-electron chi connectivity index (χ0n) is 14.7. The number of para-hydroxylation sites is 1. The molecule has 3 rings (SSSR count). The Morgan fingerprint density at radius 1 is 1.07 bits per heavy atom. The molecule has 0 atom stereocenters. The Kier molecular flexibility index (Phi) is 6.24. The molecule has 1 saturated heterocycles. The number of hydrogen-bond donors (Lipinski definition) is 1. The van der Waals surface area contributed by atoms with Crippen molar-refractivity contribution in [2.24, 2.45) is 5.92 Å². The lowest BCUT2D eigenvalue weighted by molar-refractivity contribution is -0.130. The van der Waals surface area contributed by atoms with Crippen LogP contribution in [0.5, 0.6) is 0 Å². The largest absolute Gasteiger partial charge is 0.339 e. The molecule has 4 nitrogen and oxygen atoms in total. The number of halogens is 2. The molecule has 140 valence electrons. The van der Waals surface area contributed by atoms with Crippen molar-refractivity contribution in [3.63, 3.8) is 0 Å². The molecule has 0 spiro atoms. The zero-order valence-corrected chi connectivity index (χ0v) is 15.5. The summed E-state index contributed by atoms with van der Waals surface area (Å²) in [5, 5.41) is 3.16. The van der Waals surface area contributed by atoms with Gasteiger partial charge in [-0.3, -0.25) is 9.59 Å². The summed E-state index contributed by atoms with van der Waals surface area (Å²) in [6.45, 7) is 0.974. The van der Waals surface area contributed by atoms with Gasteiger partial charge in [0.15, 0.2) is 0 Å². The van der Waals surface area contributed by atoms with Gasteiger partial charge in [0.2, 0.25) is 11.8 Å². The second kappa shape index (κ2) is 8.82. The fourth-order valence-electron chi connectivity index (χ4n) is 3.06. The molecule has 0 aromatic heterocycles. The molecule has 0 unspecified atom stereocenters. The van der Waals surface area contributed by atoms with E-state index in [0.717, 1.165) is 5.69 Å². The van der Waals surface area contributed by atoms with E-state index in [9.17, 15) is 14.0 Å². The molecule has 1 aliphatic rings. The number of nitrogens with one attached hydrogen (secondary N) is 1. The predicted octanol–water partition coefficient (Wildman–Crippen LogP) is 4.37. The lowest BCUT2D eigenvalue weighted by Crippen LogP contribution is -2.40. The van der Waals surface area contributed by atoms with Crippen molar-refractivity contribution >= 4 is 35.2 Å². The monoisotopic (exact) mass is 386 g/mol. The van der Waals surface area contributed by atoms with Crippen LogP contribution in [0.4, 0.5) is 10.1 Å². The van der Waals surface area contributed by atoms with E-state index in [2.05, 4.69) is 5.32 Å². The molecular weight excluding hydrogens is 367 g/mol. The number of nitrogens with zero attached hydrogens (tertiary/aromatic N) is 1. The highest BCUT2D eigenvalue weighted by Gasteiger charge is 2.26. The van der Waals surface area contributed by atoms with Gasteiger partial charge in [-0.05, 0) is 43.2 Å². The van der Waals surface area contributed by atoms with Crippen molar-refractivity contribution in [1.29, 1.82) is 0 Å². The number of carbonyl (C=O) groups is 2. The lowest BCUT2D eigenvalue weighted by Gasteiger charge is -2.30. The van der Waals surface area contributed by atoms with E-state index in [1.165, 1.54) is 24.3 Å². The van der Waals surface area contributed by atoms with E-state index in [1.54, 1.807) is 11.0 Å². The van der Waals surface area contributed by atoms with Crippen molar-refractivity contribution in [1.82, 2.24) is 4.90 Å². The molecule has 1 fully saturated rings. The van der Waals surface area contributed by atoms with E-state index < -0.39 is 5.82 Å². The first kappa shape index (κ1) is 19.1. The van der Waals surface area contributed by atoms with Crippen molar-refractivity contribution in [2.45, 2.75) is 12.8 Å². The average molecular weight is 387 g/mol. The van der Waals surface area contributed by atoms with E-state index in [-0.39, 0.29) is 28.3 Å². The highest BCUT2D eigenvalue weighted by Crippen LogP contribution is 2.22. The smallest absolute Gasteiger partial charge is 0.246 e. The summed E-state index contributed by atoms with van der Waals surface area (Å²) < 4.78 is 13.8. The highest BCUT2D eigenvalue weighted by atomic mass is 35.5. The van der Waals surface area contributed by atoms with Crippen LogP contribution in [0.3, 0.4) is 0 Å². The van der Waals surface area contributed by atoms with Gasteiger partial charge in [-0.15, -0.1) is 0 Å². The maximum Gasteiger partial charge on any atom is 0.246 e. The number of benzene rings is 2. The summed E-state index contributed by atoms with van der Waals surface area (Å²) in [6, 6.07) is 13.7. The Morgan fingerprint density at radius 2 is 1.78 bits per heavy atom. The van der Waals surface area contributed by atoms with E-state index in [1.807, 2.05) is 30.3 Å². The van der Waals surface area contributed by atoms with Crippen LogP contribution in [0.25, 0.3) is 6.08 Å². The number of amides is 2. The van der Waals surface area contributed by atoms with Crippen LogP contribution in [0.15, 0.2) is 54.6 Å². The van der Waals surface area contributed by atoms with Gasteiger partial charge in [-0.25, -0.2) is 4.39 Å². The fraction of sp³-hybridized carbons (Fsp3) is 0.238. The molecule has 0 bridgehead atoms. The Bertz CT molecular complexity index is 826. The van der Waals surface area contributed by atoms with Crippen LogP contribution in [-0.2, 0) is 9.59 Å². The summed E-state index contributed by atoms with van der Waals surface area (Å²) in [6.07, 6.45) is 3.92. The minimum atomic E-state index is -0.470. The molecule has 2 aromatic carbocycles. The van der Waals surface area contributed by atoms with E-state index in [4.69, 9.17) is 11.6 Å². The topological polar surface area (TPSA) is 49.4 Å². The molecule has 0 radical (unpaired) electrons. The first-order chi connectivity index (χ1) is 13.0. The Hall–Kier alpha value is -2.66. The standard InChI is InChI=1S/C21H20ClFN2O2/c22-18-7-4-8-19(23)17(18)9-10-20(26)25-13-11-15(12-14-25)21(27)24-16-5-2-1-3-6-16/h1-10,15H,11-14H2,(H,24,27)/b10-9+. The van der Waals surface area contributed by atoms with Gasteiger partial charge in [0.1, 0.15) is 5.82 Å². The Labute approximate surface area is 162 Å². The zero-order chi connectivity index (χ0) is 19.2. The molecule has 1 aliphatic heterocycles. The van der Waals surface area contributed by atoms with Crippen molar-refractivity contribution in [3.8, 4) is 0 Å². The third-order valence-electron chi connectivity index (χ3n) is 4.61. The van der Waals surface area contributed by atoms with E-state index >= 15 is 0 Å². The van der Waals surface area contributed by atoms with Crippen LogP contribution < -0.4 is 5.32 Å². The maximum absolute atomic E-state index is 13.8. The Balaban J connectivity index is 1.53. The number of rotatable bonds is 4. The number of hydrogen-bond acceptors (Lipinski definition) is 2. The molecule has 1 N–H and O–H groups in total. The molecule has 2 amide bonds. The van der Waals surface area contributed by atoms with Crippen LogP contribution in [0.1, 0.15) is 18.4 Å². The fourth-order valence-corrected chi connectivity index (χ4v) is 3.28. The molecule has 6 heteroatoms. The van der Waals surface area contributed by atoms with Crippen molar-refractivity contribution in [3.05, 3.63) is 71.0 Å². The molecule has 0 saturated carbocycles. The van der Waals surface area contributed by atoms with Gasteiger partial charge < -0.3 is 10.2 Å². The number of anilines is 1. The second-order valence-electron chi connectivity index (χ2n) is 6.42. The van der Waals surface area contributed by atoms with Crippen LogP contribution >= 0.6 is 11.6 Å². The summed E-state index contributed by atoms with van der Waals surface area (Å²) >= 11 is 5.96. The summed E-state index contributed by atoms with van der Waals surface area (Å²) in [5.74, 6) is -0.833. The molecule has 1 heterocycles. The number of piperidine rings is 1. The summed E-state index contributed by atoms with van der Waals surface area (Å²) in [4.78, 5) is 26.3. The highest BCUT2D eigenvalue weighted by molar-refractivity contribution is 6.32. The third kappa shape index (κ3) is 4.95. The van der Waals surface area contributed by atoms with Gasteiger partial charge in [0.25, 0.3) is 0 Å². The molecule has 2 aromatic rings. The molecule has 27 heavy (non-hydrogen) atoms. The normalized spacial score (nSPS) is 15.1. The minimum Gasteiger partial charge on any atom is -0.339 e. The first-order valence-electron chi connectivity index (χ1n) is 8.81. The average Bonchev–Trinajstić information content (AvgIpc) is 2.68. The number of likely N-dealkylation sites (tertiary alicyclic amines) is 1. The van der Waals surface area contributed by atoms with Crippen molar-refractivity contribution in [2.75, 3.05) is 18.4 Å². The predicted molar refractivity (Wildman–Crippen MR) is 105 cm³/mol. The van der Waals surface area contributed by atoms with Crippen LogP contribution in [-0.4, -0.2) is 29.8 Å². The second-order valence-corrected chi connectivity index (χ2v) is 6.83.